The number of guanidine groups is 1. The predicted octanol–water partition coefficient (Wildman–Crippen LogP) is 2.70. The normalized spacial score (nSPS) is 17.0. The van der Waals surface area contributed by atoms with E-state index >= 15 is 0 Å². The zero-order chi connectivity index (χ0) is 13.7. The van der Waals surface area contributed by atoms with Crippen LogP contribution in [-0.4, -0.2) is 24.2 Å². The fraction of sp³-hybridized carbons (Fsp3) is 0.500. The van der Waals surface area contributed by atoms with Gasteiger partial charge in [0, 0.05) is 11.6 Å². The van der Waals surface area contributed by atoms with Crippen LogP contribution in [0.15, 0.2) is 29.3 Å². The number of nitrogens with one attached hydrogen (secondary N) is 1. The number of halogens is 2. The maximum atomic E-state index is 9.96. The highest BCUT2D eigenvalue weighted by molar-refractivity contribution is 14.0. The maximum Gasteiger partial charge on any atom is 0.188 e. The lowest BCUT2D eigenvalue weighted by Crippen LogP contribution is -2.37. The largest absolute Gasteiger partial charge is 0.386 e. The fourth-order valence-electron chi connectivity index (χ4n) is 1.98. The van der Waals surface area contributed by atoms with Crippen LogP contribution in [0, 0.1) is 5.92 Å². The number of aliphatic hydroxyl groups is 1. The zero-order valence-corrected chi connectivity index (χ0v) is 14.3. The molecule has 0 heterocycles. The second-order valence-electron chi connectivity index (χ2n) is 4.97. The number of nitrogens with two attached hydrogens (primary N) is 1. The average molecular weight is 410 g/mol. The molecule has 1 fully saturated rings. The first-order chi connectivity index (χ1) is 9.15. The minimum absolute atomic E-state index is 0. The number of aliphatic hydroxyl groups excluding tert-OH is 1. The summed E-state index contributed by atoms with van der Waals surface area (Å²) in [5.74, 6) is 1.13. The van der Waals surface area contributed by atoms with Crippen molar-refractivity contribution in [3.8, 4) is 0 Å². The lowest BCUT2D eigenvalue weighted by molar-refractivity contribution is 0.187. The first kappa shape index (κ1) is 17.5. The van der Waals surface area contributed by atoms with Gasteiger partial charge < -0.3 is 16.2 Å². The number of rotatable bonds is 5. The van der Waals surface area contributed by atoms with E-state index in [0.29, 0.717) is 11.0 Å². The summed E-state index contributed by atoms with van der Waals surface area (Å²) in [7, 11) is 0. The summed E-state index contributed by atoms with van der Waals surface area (Å²) in [6.45, 7) is 1.14. The van der Waals surface area contributed by atoms with Gasteiger partial charge in [-0.2, -0.15) is 0 Å². The lowest BCUT2D eigenvalue weighted by atomic mass is 9.85. The Morgan fingerprint density at radius 1 is 1.40 bits per heavy atom. The molecule has 20 heavy (non-hydrogen) atoms. The fourth-order valence-corrected chi connectivity index (χ4v) is 2.10. The highest BCUT2D eigenvalue weighted by atomic mass is 127. The van der Waals surface area contributed by atoms with Crippen LogP contribution in [-0.2, 0) is 0 Å². The third-order valence-corrected chi connectivity index (χ3v) is 3.74. The minimum Gasteiger partial charge on any atom is -0.386 e. The van der Waals surface area contributed by atoms with E-state index in [9.17, 15) is 5.11 Å². The standard InChI is InChI=1S/C14H20ClN3O.HI/c15-12-6-4-11(5-7-12)13(19)9-18-14(16)17-8-10-2-1-3-10;/h4-7,10,13,19H,1-3,8-9H2,(H3,16,17,18);1H. The first-order valence-corrected chi connectivity index (χ1v) is 7.00. The van der Waals surface area contributed by atoms with Crippen LogP contribution in [0.3, 0.4) is 0 Å². The van der Waals surface area contributed by atoms with Crippen molar-refractivity contribution < 1.29 is 5.11 Å². The van der Waals surface area contributed by atoms with E-state index in [1.54, 1.807) is 24.3 Å². The number of aliphatic imine (C=N–C) groups is 1. The van der Waals surface area contributed by atoms with Gasteiger partial charge in [0.2, 0.25) is 0 Å². The molecule has 0 radical (unpaired) electrons. The van der Waals surface area contributed by atoms with Crippen LogP contribution in [0.4, 0.5) is 0 Å². The van der Waals surface area contributed by atoms with E-state index in [1.807, 2.05) is 0 Å². The van der Waals surface area contributed by atoms with Crippen LogP contribution in [0.1, 0.15) is 30.9 Å². The molecular formula is C14H21ClIN3O. The summed E-state index contributed by atoms with van der Waals surface area (Å²) >= 11 is 5.79. The van der Waals surface area contributed by atoms with Gasteiger partial charge in [0.05, 0.1) is 12.6 Å². The van der Waals surface area contributed by atoms with E-state index in [-0.39, 0.29) is 30.5 Å². The van der Waals surface area contributed by atoms with Crippen molar-refractivity contribution in [1.82, 2.24) is 5.32 Å². The molecule has 112 valence electrons. The molecule has 1 saturated carbocycles. The molecule has 0 spiro atoms. The number of nitrogens with zero attached hydrogens (tertiary/aromatic N) is 1. The molecule has 1 unspecified atom stereocenters. The van der Waals surface area contributed by atoms with E-state index < -0.39 is 6.10 Å². The molecule has 0 amide bonds. The number of benzene rings is 1. The Bertz CT molecular complexity index is 435. The van der Waals surface area contributed by atoms with Crippen molar-refractivity contribution in [2.45, 2.75) is 25.4 Å². The summed E-state index contributed by atoms with van der Waals surface area (Å²) < 4.78 is 0. The van der Waals surface area contributed by atoms with Gasteiger partial charge in [-0.3, -0.25) is 4.99 Å². The summed E-state index contributed by atoms with van der Waals surface area (Å²) in [6.07, 6.45) is 3.21. The van der Waals surface area contributed by atoms with E-state index in [0.717, 1.165) is 18.0 Å². The molecule has 4 N–H and O–H groups in total. The molecule has 1 aromatic rings. The van der Waals surface area contributed by atoms with Crippen molar-refractivity contribution in [3.05, 3.63) is 34.9 Å². The Balaban J connectivity index is 0.00000200. The molecule has 1 aliphatic carbocycles. The highest BCUT2D eigenvalue weighted by Gasteiger charge is 2.16. The van der Waals surface area contributed by atoms with E-state index in [2.05, 4.69) is 10.3 Å². The van der Waals surface area contributed by atoms with Gasteiger partial charge in [0.15, 0.2) is 5.96 Å². The number of hydrogen-bond donors (Lipinski definition) is 3. The third-order valence-electron chi connectivity index (χ3n) is 3.49. The molecule has 0 aliphatic heterocycles. The van der Waals surface area contributed by atoms with Gasteiger partial charge >= 0.3 is 0 Å². The summed E-state index contributed by atoms with van der Waals surface area (Å²) in [4.78, 5) is 4.15. The topological polar surface area (TPSA) is 70.6 Å². The SMILES string of the molecule is I.NC(=NCC(O)c1ccc(Cl)cc1)NCC1CCC1. The first-order valence-electron chi connectivity index (χ1n) is 6.62. The quantitative estimate of drug-likeness (QED) is 0.398. The molecule has 1 aliphatic rings. The van der Waals surface area contributed by atoms with Gasteiger partial charge in [-0.1, -0.05) is 30.2 Å². The Kier molecular flexibility index (Phi) is 7.61. The van der Waals surface area contributed by atoms with Gasteiger partial charge in [-0.15, -0.1) is 24.0 Å². The predicted molar refractivity (Wildman–Crippen MR) is 93.7 cm³/mol. The molecule has 2 rings (SSSR count). The second kappa shape index (κ2) is 8.69. The Hall–Kier alpha value is -0.530. The monoisotopic (exact) mass is 409 g/mol. The van der Waals surface area contributed by atoms with Crippen molar-refractivity contribution >= 4 is 41.5 Å². The van der Waals surface area contributed by atoms with Gasteiger partial charge in [-0.25, -0.2) is 0 Å². The third kappa shape index (κ3) is 5.46. The number of hydrogen-bond acceptors (Lipinski definition) is 2. The van der Waals surface area contributed by atoms with E-state index in [4.69, 9.17) is 17.3 Å². The summed E-state index contributed by atoms with van der Waals surface area (Å²) in [5, 5.41) is 13.7. The van der Waals surface area contributed by atoms with Crippen LogP contribution in [0.25, 0.3) is 0 Å². The lowest BCUT2D eigenvalue weighted by Gasteiger charge is -2.25. The summed E-state index contributed by atoms with van der Waals surface area (Å²) in [5.41, 5.74) is 6.55. The molecule has 1 atom stereocenters. The van der Waals surface area contributed by atoms with Crippen molar-refractivity contribution in [3.63, 3.8) is 0 Å². The molecule has 1 aromatic carbocycles. The van der Waals surface area contributed by atoms with Gasteiger partial charge in [0.1, 0.15) is 0 Å². The average Bonchev–Trinajstić information content (AvgIpc) is 2.35. The molecule has 4 nitrogen and oxygen atoms in total. The van der Waals surface area contributed by atoms with Gasteiger partial charge in [-0.05, 0) is 36.5 Å². The Morgan fingerprint density at radius 2 is 2.05 bits per heavy atom. The Labute approximate surface area is 141 Å². The molecule has 6 heteroatoms. The van der Waals surface area contributed by atoms with Crippen molar-refractivity contribution in [2.24, 2.45) is 16.6 Å². The Morgan fingerprint density at radius 3 is 2.60 bits per heavy atom. The summed E-state index contributed by atoms with van der Waals surface area (Å²) in [6, 6.07) is 7.09. The maximum absolute atomic E-state index is 9.96. The molecule has 0 bridgehead atoms. The molecule has 0 saturated heterocycles. The van der Waals surface area contributed by atoms with Crippen LogP contribution in [0.2, 0.25) is 5.02 Å². The highest BCUT2D eigenvalue weighted by Crippen LogP contribution is 2.25. The van der Waals surface area contributed by atoms with Crippen molar-refractivity contribution in [2.75, 3.05) is 13.1 Å². The van der Waals surface area contributed by atoms with Crippen molar-refractivity contribution in [1.29, 1.82) is 0 Å². The van der Waals surface area contributed by atoms with Crippen LogP contribution >= 0.6 is 35.6 Å². The second-order valence-corrected chi connectivity index (χ2v) is 5.41. The molecular weight excluding hydrogens is 389 g/mol. The van der Waals surface area contributed by atoms with E-state index in [1.165, 1.54) is 19.3 Å². The van der Waals surface area contributed by atoms with Crippen LogP contribution in [0.5, 0.6) is 0 Å². The zero-order valence-electron chi connectivity index (χ0n) is 11.3. The minimum atomic E-state index is -0.652. The smallest absolute Gasteiger partial charge is 0.188 e. The van der Waals surface area contributed by atoms with Crippen LogP contribution < -0.4 is 11.1 Å². The molecule has 0 aromatic heterocycles. The van der Waals surface area contributed by atoms with Gasteiger partial charge in [0.25, 0.3) is 0 Å².